The Balaban J connectivity index is 2.75. The highest BCUT2D eigenvalue weighted by atomic mass is 16.5. The van der Waals surface area contributed by atoms with Gasteiger partial charge in [0.1, 0.15) is 0 Å². The summed E-state index contributed by atoms with van der Waals surface area (Å²) in [5, 5.41) is 2.60. The Morgan fingerprint density at radius 3 is 2.40 bits per heavy atom. The van der Waals surface area contributed by atoms with Crippen LogP contribution in [-0.2, 0) is 9.53 Å². The minimum Gasteiger partial charge on any atom is -0.357 e. The van der Waals surface area contributed by atoms with Crippen LogP contribution in [0.3, 0.4) is 0 Å². The molecule has 1 rings (SSSR count). The van der Waals surface area contributed by atoms with Gasteiger partial charge in [-0.25, -0.2) is 0 Å². The lowest BCUT2D eigenvalue weighted by atomic mass is 10.0. The van der Waals surface area contributed by atoms with E-state index in [1.54, 1.807) is 7.11 Å². The highest BCUT2D eigenvalue weighted by Gasteiger charge is 2.33. The molecule has 0 saturated carbocycles. The van der Waals surface area contributed by atoms with E-state index in [-0.39, 0.29) is 12.1 Å². The largest absolute Gasteiger partial charge is 0.357 e. The summed E-state index contributed by atoms with van der Waals surface area (Å²) in [5.74, 6) is -0.00755. The van der Waals surface area contributed by atoms with Crippen LogP contribution in [0.2, 0.25) is 0 Å². The summed E-state index contributed by atoms with van der Waals surface area (Å²) < 4.78 is 4.94. The molecule has 10 heavy (non-hydrogen) atoms. The van der Waals surface area contributed by atoms with E-state index in [9.17, 15) is 4.79 Å². The van der Waals surface area contributed by atoms with Crippen LogP contribution in [0.5, 0.6) is 0 Å². The fourth-order valence-electron chi connectivity index (χ4n) is 0.976. The molecule has 1 N–H and O–H groups in total. The van der Waals surface area contributed by atoms with Gasteiger partial charge in [0.05, 0.1) is 5.57 Å². The molecule has 1 saturated heterocycles. The fourth-order valence-corrected chi connectivity index (χ4v) is 0.976. The summed E-state index contributed by atoms with van der Waals surface area (Å²) in [6.07, 6.45) is -0.169. The minimum atomic E-state index is -0.169. The number of amides is 1. The highest BCUT2D eigenvalue weighted by molar-refractivity contribution is 6.01. The molecule has 3 nitrogen and oxygen atoms in total. The van der Waals surface area contributed by atoms with E-state index in [4.69, 9.17) is 4.74 Å². The number of ether oxygens (including phenoxy) is 1. The van der Waals surface area contributed by atoms with Crippen molar-refractivity contribution in [3.63, 3.8) is 0 Å². The molecule has 0 aromatic carbocycles. The Hall–Kier alpha value is -0.830. The number of methoxy groups -OCH3 is 1. The van der Waals surface area contributed by atoms with Gasteiger partial charge in [-0.1, -0.05) is 5.57 Å². The molecule has 0 aliphatic carbocycles. The average molecular weight is 141 g/mol. The predicted octanol–water partition coefficient (Wildman–Crippen LogP) is 0.425. The highest BCUT2D eigenvalue weighted by Crippen LogP contribution is 2.17. The number of β-lactam (4-membered cyclic amide) rings is 1. The first-order valence-electron chi connectivity index (χ1n) is 3.18. The van der Waals surface area contributed by atoms with Crippen LogP contribution in [0.4, 0.5) is 0 Å². The van der Waals surface area contributed by atoms with Crippen molar-refractivity contribution in [2.45, 2.75) is 20.1 Å². The Morgan fingerprint density at radius 1 is 1.60 bits per heavy atom. The van der Waals surface area contributed by atoms with Crippen LogP contribution in [0.15, 0.2) is 11.1 Å². The molecule has 0 radical (unpaired) electrons. The van der Waals surface area contributed by atoms with E-state index >= 15 is 0 Å². The molecule has 0 spiro atoms. The second-order valence-electron chi connectivity index (χ2n) is 2.50. The lowest BCUT2D eigenvalue weighted by Gasteiger charge is -2.30. The van der Waals surface area contributed by atoms with E-state index in [1.807, 2.05) is 13.8 Å². The van der Waals surface area contributed by atoms with Crippen molar-refractivity contribution in [2.75, 3.05) is 7.11 Å². The summed E-state index contributed by atoms with van der Waals surface area (Å²) in [6.45, 7) is 3.81. The maximum Gasteiger partial charge on any atom is 0.253 e. The number of hydrogen-bond acceptors (Lipinski definition) is 2. The molecular weight excluding hydrogens is 130 g/mol. The van der Waals surface area contributed by atoms with Crippen molar-refractivity contribution < 1.29 is 9.53 Å². The molecule has 1 aliphatic heterocycles. The normalized spacial score (nSPS) is 23.7. The van der Waals surface area contributed by atoms with Crippen LogP contribution < -0.4 is 5.32 Å². The van der Waals surface area contributed by atoms with Crippen molar-refractivity contribution in [3.05, 3.63) is 11.1 Å². The molecule has 1 heterocycles. The summed E-state index contributed by atoms with van der Waals surface area (Å²) >= 11 is 0. The van der Waals surface area contributed by atoms with Crippen LogP contribution in [-0.4, -0.2) is 19.2 Å². The van der Waals surface area contributed by atoms with E-state index in [0.717, 1.165) is 11.1 Å². The van der Waals surface area contributed by atoms with E-state index in [1.165, 1.54) is 0 Å². The molecule has 1 fully saturated rings. The Morgan fingerprint density at radius 2 is 2.20 bits per heavy atom. The van der Waals surface area contributed by atoms with Crippen molar-refractivity contribution in [1.29, 1.82) is 0 Å². The summed E-state index contributed by atoms with van der Waals surface area (Å²) in [6, 6.07) is 0. The Labute approximate surface area is 60.1 Å². The maximum atomic E-state index is 10.8. The van der Waals surface area contributed by atoms with Gasteiger partial charge in [-0.15, -0.1) is 0 Å². The Kier molecular flexibility index (Phi) is 1.76. The van der Waals surface area contributed by atoms with Crippen molar-refractivity contribution in [1.82, 2.24) is 5.32 Å². The Bertz CT molecular complexity index is 192. The molecule has 3 heteroatoms. The zero-order valence-electron chi connectivity index (χ0n) is 6.39. The minimum absolute atomic E-state index is 0.00755. The first kappa shape index (κ1) is 7.28. The monoisotopic (exact) mass is 141 g/mol. The lowest BCUT2D eigenvalue weighted by molar-refractivity contribution is -0.128. The second-order valence-corrected chi connectivity index (χ2v) is 2.50. The van der Waals surface area contributed by atoms with Gasteiger partial charge in [0.2, 0.25) is 0 Å². The molecule has 0 aromatic rings. The molecule has 1 unspecified atom stereocenters. The van der Waals surface area contributed by atoms with Crippen molar-refractivity contribution in [2.24, 2.45) is 0 Å². The quantitative estimate of drug-likeness (QED) is 0.424. The van der Waals surface area contributed by atoms with Crippen molar-refractivity contribution >= 4 is 5.91 Å². The summed E-state index contributed by atoms with van der Waals surface area (Å²) in [5.41, 5.74) is 1.79. The van der Waals surface area contributed by atoms with E-state index in [0.29, 0.717) is 0 Å². The zero-order valence-corrected chi connectivity index (χ0v) is 6.39. The van der Waals surface area contributed by atoms with Gasteiger partial charge in [0.15, 0.2) is 6.23 Å². The third kappa shape index (κ3) is 0.926. The molecule has 1 aliphatic rings. The van der Waals surface area contributed by atoms with Gasteiger partial charge in [0, 0.05) is 7.11 Å². The van der Waals surface area contributed by atoms with E-state index < -0.39 is 0 Å². The molecular formula is C7H11NO2. The topological polar surface area (TPSA) is 38.3 Å². The first-order chi connectivity index (χ1) is 4.66. The van der Waals surface area contributed by atoms with Crippen LogP contribution in [0.1, 0.15) is 13.8 Å². The third-order valence-electron chi connectivity index (χ3n) is 1.54. The standard InChI is InChI=1S/C7H11NO2/c1-4(2)5-6(9)8-7(5)10-3/h7H,1-3H3,(H,8,9). The van der Waals surface area contributed by atoms with E-state index in [2.05, 4.69) is 5.32 Å². The maximum absolute atomic E-state index is 10.8. The van der Waals surface area contributed by atoms with Gasteiger partial charge in [-0.3, -0.25) is 4.79 Å². The smallest absolute Gasteiger partial charge is 0.253 e. The first-order valence-corrected chi connectivity index (χ1v) is 3.18. The van der Waals surface area contributed by atoms with Gasteiger partial charge in [-0.05, 0) is 13.8 Å². The van der Waals surface area contributed by atoms with Gasteiger partial charge in [0.25, 0.3) is 5.91 Å². The third-order valence-corrected chi connectivity index (χ3v) is 1.54. The van der Waals surface area contributed by atoms with Gasteiger partial charge < -0.3 is 10.1 Å². The van der Waals surface area contributed by atoms with Crippen molar-refractivity contribution in [3.8, 4) is 0 Å². The molecule has 0 bridgehead atoms. The lowest BCUT2D eigenvalue weighted by Crippen LogP contribution is -2.52. The zero-order chi connectivity index (χ0) is 7.72. The number of nitrogens with one attached hydrogen (secondary N) is 1. The van der Waals surface area contributed by atoms with Crippen LogP contribution in [0.25, 0.3) is 0 Å². The molecule has 1 atom stereocenters. The number of allylic oxidation sites excluding steroid dienone is 1. The van der Waals surface area contributed by atoms with Crippen LogP contribution >= 0.6 is 0 Å². The van der Waals surface area contributed by atoms with Gasteiger partial charge >= 0.3 is 0 Å². The SMILES string of the molecule is COC1NC(=O)C1=C(C)C. The summed E-state index contributed by atoms with van der Waals surface area (Å²) in [4.78, 5) is 10.8. The average Bonchev–Trinajstić information content (AvgIpc) is 1.80. The molecule has 0 aromatic heterocycles. The molecule has 1 amide bonds. The number of carbonyl (C=O) groups is 1. The number of carbonyl (C=O) groups excluding carboxylic acids is 1. The molecule has 56 valence electrons. The predicted molar refractivity (Wildman–Crippen MR) is 37.3 cm³/mol. The van der Waals surface area contributed by atoms with Crippen LogP contribution in [0, 0.1) is 0 Å². The fraction of sp³-hybridized carbons (Fsp3) is 0.571. The number of rotatable bonds is 1. The second kappa shape index (κ2) is 2.42. The number of hydrogen-bond donors (Lipinski definition) is 1. The summed E-state index contributed by atoms with van der Waals surface area (Å²) in [7, 11) is 1.58. The van der Waals surface area contributed by atoms with Gasteiger partial charge in [-0.2, -0.15) is 0 Å².